The van der Waals surface area contributed by atoms with Crippen molar-refractivity contribution in [2.24, 2.45) is 0 Å². The molecule has 1 heterocycles. The zero-order valence-electron chi connectivity index (χ0n) is 10.2. The third-order valence-electron chi connectivity index (χ3n) is 2.00. The Morgan fingerprint density at radius 2 is 2.12 bits per heavy atom. The van der Waals surface area contributed by atoms with Crippen molar-refractivity contribution in [3.8, 4) is 0 Å². The molecular formula is C12H18N2O2. The summed E-state index contributed by atoms with van der Waals surface area (Å²) in [6.45, 7) is 6.87. The molecule has 0 atom stereocenters. The number of carbonyl (C=O) groups is 1. The number of aromatic nitrogens is 1. The van der Waals surface area contributed by atoms with Crippen LogP contribution in [0.25, 0.3) is 0 Å². The van der Waals surface area contributed by atoms with Crippen LogP contribution in [0.3, 0.4) is 0 Å². The first-order valence-corrected chi connectivity index (χ1v) is 5.21. The summed E-state index contributed by atoms with van der Waals surface area (Å²) in [6, 6.07) is 5.33. The minimum absolute atomic E-state index is 0.0307. The number of nitrogens with zero attached hydrogens (tertiary/aromatic N) is 1. The highest BCUT2D eigenvalue weighted by molar-refractivity contribution is 5.87. The number of ether oxygens (including phenoxy) is 1. The Balaban J connectivity index is 2.71. The number of rotatable bonds is 3. The SMILES string of the molecule is COC(=O)c1cccc(CNC(C)(C)C)n1. The highest BCUT2D eigenvalue weighted by Crippen LogP contribution is 2.04. The van der Waals surface area contributed by atoms with Gasteiger partial charge in [0, 0.05) is 12.1 Å². The maximum absolute atomic E-state index is 11.3. The zero-order chi connectivity index (χ0) is 12.2. The number of carbonyl (C=O) groups excluding carboxylic acids is 1. The van der Waals surface area contributed by atoms with E-state index in [1.54, 1.807) is 12.1 Å². The van der Waals surface area contributed by atoms with Gasteiger partial charge in [-0.25, -0.2) is 9.78 Å². The number of pyridine rings is 1. The summed E-state index contributed by atoms with van der Waals surface area (Å²) < 4.78 is 4.61. The minimum atomic E-state index is -0.405. The minimum Gasteiger partial charge on any atom is -0.464 e. The van der Waals surface area contributed by atoms with Gasteiger partial charge in [-0.05, 0) is 32.9 Å². The molecule has 0 bridgehead atoms. The zero-order valence-corrected chi connectivity index (χ0v) is 10.2. The second kappa shape index (κ2) is 5.07. The van der Waals surface area contributed by atoms with E-state index < -0.39 is 5.97 Å². The Bertz CT molecular complexity index is 370. The van der Waals surface area contributed by atoms with Crippen molar-refractivity contribution in [3.63, 3.8) is 0 Å². The summed E-state index contributed by atoms with van der Waals surface area (Å²) in [5, 5.41) is 3.31. The highest BCUT2D eigenvalue weighted by atomic mass is 16.5. The van der Waals surface area contributed by atoms with Crippen LogP contribution in [0.4, 0.5) is 0 Å². The van der Waals surface area contributed by atoms with Crippen LogP contribution < -0.4 is 5.32 Å². The van der Waals surface area contributed by atoms with Crippen molar-refractivity contribution in [1.29, 1.82) is 0 Å². The topological polar surface area (TPSA) is 51.2 Å². The summed E-state index contributed by atoms with van der Waals surface area (Å²) in [4.78, 5) is 15.5. The number of nitrogens with one attached hydrogen (secondary N) is 1. The third kappa shape index (κ3) is 3.98. The largest absolute Gasteiger partial charge is 0.464 e. The van der Waals surface area contributed by atoms with Gasteiger partial charge >= 0.3 is 5.97 Å². The smallest absolute Gasteiger partial charge is 0.356 e. The molecule has 88 valence electrons. The molecule has 0 unspecified atom stereocenters. The Labute approximate surface area is 96.0 Å². The number of hydrogen-bond acceptors (Lipinski definition) is 4. The molecule has 0 aliphatic heterocycles. The second-order valence-corrected chi connectivity index (χ2v) is 4.61. The van der Waals surface area contributed by atoms with E-state index in [-0.39, 0.29) is 5.54 Å². The van der Waals surface area contributed by atoms with E-state index in [0.717, 1.165) is 5.69 Å². The molecule has 1 aromatic heterocycles. The maximum Gasteiger partial charge on any atom is 0.356 e. The van der Waals surface area contributed by atoms with E-state index in [0.29, 0.717) is 12.2 Å². The first-order valence-electron chi connectivity index (χ1n) is 5.21. The summed E-state index contributed by atoms with van der Waals surface area (Å²) in [5.74, 6) is -0.405. The van der Waals surface area contributed by atoms with Gasteiger partial charge in [-0.1, -0.05) is 6.07 Å². The van der Waals surface area contributed by atoms with Gasteiger partial charge in [0.15, 0.2) is 0 Å². The Morgan fingerprint density at radius 1 is 1.44 bits per heavy atom. The molecule has 0 aliphatic rings. The molecule has 1 aromatic rings. The Morgan fingerprint density at radius 3 is 2.69 bits per heavy atom. The lowest BCUT2D eigenvalue weighted by molar-refractivity contribution is 0.0593. The van der Waals surface area contributed by atoms with E-state index in [4.69, 9.17) is 0 Å². The summed E-state index contributed by atoms with van der Waals surface area (Å²) in [6.07, 6.45) is 0. The van der Waals surface area contributed by atoms with Gasteiger partial charge < -0.3 is 10.1 Å². The van der Waals surface area contributed by atoms with E-state index in [2.05, 4.69) is 35.8 Å². The van der Waals surface area contributed by atoms with Crippen LogP contribution in [0.5, 0.6) is 0 Å². The number of esters is 1. The first kappa shape index (κ1) is 12.6. The molecule has 0 spiro atoms. The van der Waals surface area contributed by atoms with Crippen molar-refractivity contribution < 1.29 is 9.53 Å². The van der Waals surface area contributed by atoms with Crippen molar-refractivity contribution >= 4 is 5.97 Å². The lowest BCUT2D eigenvalue weighted by atomic mass is 10.1. The Kier molecular flexibility index (Phi) is 4.01. The molecule has 4 nitrogen and oxygen atoms in total. The van der Waals surface area contributed by atoms with Gasteiger partial charge in [0.1, 0.15) is 5.69 Å². The molecule has 1 N–H and O–H groups in total. The third-order valence-corrected chi connectivity index (χ3v) is 2.00. The van der Waals surface area contributed by atoms with Crippen LogP contribution in [-0.4, -0.2) is 23.6 Å². The van der Waals surface area contributed by atoms with E-state index >= 15 is 0 Å². The predicted octanol–water partition coefficient (Wildman–Crippen LogP) is 1.76. The van der Waals surface area contributed by atoms with Gasteiger partial charge in [0.05, 0.1) is 12.8 Å². The number of methoxy groups -OCH3 is 1. The molecule has 0 aromatic carbocycles. The van der Waals surface area contributed by atoms with Gasteiger partial charge in [-0.3, -0.25) is 0 Å². The molecule has 16 heavy (non-hydrogen) atoms. The predicted molar refractivity (Wildman–Crippen MR) is 62.2 cm³/mol. The molecule has 4 heteroatoms. The van der Waals surface area contributed by atoms with Crippen molar-refractivity contribution in [3.05, 3.63) is 29.6 Å². The van der Waals surface area contributed by atoms with E-state index in [1.165, 1.54) is 7.11 Å². The molecule has 0 amide bonds. The molecule has 0 aliphatic carbocycles. The summed E-state index contributed by atoms with van der Waals surface area (Å²) in [5.41, 5.74) is 1.21. The standard InChI is InChI=1S/C12H18N2O2/c1-12(2,3)13-8-9-6-5-7-10(14-9)11(15)16-4/h5-7,13H,8H2,1-4H3. The lowest BCUT2D eigenvalue weighted by Gasteiger charge is -2.20. The molecule has 0 saturated heterocycles. The van der Waals surface area contributed by atoms with Crippen molar-refractivity contribution in [1.82, 2.24) is 10.3 Å². The van der Waals surface area contributed by atoms with Crippen molar-refractivity contribution in [2.75, 3.05) is 7.11 Å². The summed E-state index contributed by atoms with van der Waals surface area (Å²) in [7, 11) is 1.35. The van der Waals surface area contributed by atoms with Crippen LogP contribution in [0, 0.1) is 0 Å². The second-order valence-electron chi connectivity index (χ2n) is 4.61. The van der Waals surface area contributed by atoms with Gasteiger partial charge in [-0.2, -0.15) is 0 Å². The van der Waals surface area contributed by atoms with Crippen LogP contribution >= 0.6 is 0 Å². The molecule has 0 radical (unpaired) electrons. The fourth-order valence-corrected chi connectivity index (χ4v) is 1.15. The monoisotopic (exact) mass is 222 g/mol. The van der Waals surface area contributed by atoms with Gasteiger partial charge in [0.2, 0.25) is 0 Å². The molecule has 1 rings (SSSR count). The van der Waals surface area contributed by atoms with Crippen LogP contribution in [-0.2, 0) is 11.3 Å². The average Bonchev–Trinajstić information content (AvgIpc) is 2.25. The fourth-order valence-electron chi connectivity index (χ4n) is 1.15. The normalized spacial score (nSPS) is 11.2. The maximum atomic E-state index is 11.3. The van der Waals surface area contributed by atoms with Crippen LogP contribution in [0.1, 0.15) is 37.0 Å². The summed E-state index contributed by atoms with van der Waals surface area (Å²) >= 11 is 0. The van der Waals surface area contributed by atoms with Crippen LogP contribution in [0.15, 0.2) is 18.2 Å². The fraction of sp³-hybridized carbons (Fsp3) is 0.500. The van der Waals surface area contributed by atoms with E-state index in [1.807, 2.05) is 6.07 Å². The quantitative estimate of drug-likeness (QED) is 0.792. The van der Waals surface area contributed by atoms with Gasteiger partial charge in [0.25, 0.3) is 0 Å². The van der Waals surface area contributed by atoms with Gasteiger partial charge in [-0.15, -0.1) is 0 Å². The average molecular weight is 222 g/mol. The lowest BCUT2D eigenvalue weighted by Crippen LogP contribution is -2.35. The van der Waals surface area contributed by atoms with Crippen LogP contribution in [0.2, 0.25) is 0 Å². The first-order chi connectivity index (χ1) is 7.42. The molecule has 0 saturated carbocycles. The molecular weight excluding hydrogens is 204 g/mol. The van der Waals surface area contributed by atoms with E-state index in [9.17, 15) is 4.79 Å². The van der Waals surface area contributed by atoms with Crippen molar-refractivity contribution in [2.45, 2.75) is 32.9 Å². The Hall–Kier alpha value is -1.42. The molecule has 0 fully saturated rings. The number of hydrogen-bond donors (Lipinski definition) is 1. The highest BCUT2D eigenvalue weighted by Gasteiger charge is 2.11.